The van der Waals surface area contributed by atoms with Crippen LogP contribution < -0.4 is 5.32 Å². The highest BCUT2D eigenvalue weighted by Crippen LogP contribution is 2.11. The third-order valence-corrected chi connectivity index (χ3v) is 4.09. The van der Waals surface area contributed by atoms with E-state index in [4.69, 9.17) is 0 Å². The molecule has 1 N–H and O–H groups in total. The van der Waals surface area contributed by atoms with Gasteiger partial charge in [-0.1, -0.05) is 25.5 Å². The first kappa shape index (κ1) is 17.8. The van der Waals surface area contributed by atoms with Gasteiger partial charge in [-0.25, -0.2) is 0 Å². The van der Waals surface area contributed by atoms with Gasteiger partial charge in [0.25, 0.3) is 0 Å². The van der Waals surface area contributed by atoms with Crippen LogP contribution in [0.5, 0.6) is 0 Å². The fraction of sp³-hybridized carbons (Fsp3) is 0.211. The normalized spacial score (nSPS) is 11.6. The lowest BCUT2D eigenvalue weighted by Gasteiger charge is -2.07. The van der Waals surface area contributed by atoms with Gasteiger partial charge >= 0.3 is 0 Å². The van der Waals surface area contributed by atoms with Gasteiger partial charge in [0.1, 0.15) is 0 Å². The molecule has 24 heavy (non-hydrogen) atoms. The number of nitrogens with zero attached hydrogens (tertiary/aromatic N) is 1. The lowest BCUT2D eigenvalue weighted by atomic mass is 10.1. The van der Waals surface area contributed by atoms with Crippen molar-refractivity contribution in [1.82, 2.24) is 10.3 Å². The van der Waals surface area contributed by atoms with Crippen LogP contribution in [0.15, 0.2) is 53.8 Å². The van der Waals surface area contributed by atoms with Crippen LogP contribution in [0.2, 0.25) is 0 Å². The number of thiophene rings is 1. The lowest BCUT2D eigenvalue weighted by molar-refractivity contribution is -0.120. The average Bonchev–Trinajstić information content (AvgIpc) is 3.12. The van der Waals surface area contributed by atoms with Gasteiger partial charge in [-0.15, -0.1) is 11.3 Å². The van der Waals surface area contributed by atoms with Crippen molar-refractivity contribution >= 4 is 35.2 Å². The van der Waals surface area contributed by atoms with Crippen LogP contribution in [-0.2, 0) is 9.59 Å². The number of carbonyl (C=O) groups is 2. The Labute approximate surface area is 145 Å². The molecule has 0 aliphatic carbocycles. The third-order valence-electron chi connectivity index (χ3n) is 3.25. The SMILES string of the molecule is CCCCC(=O)/C(=C/c1cccnc1)NC(=O)/C=C/c1cccs1. The zero-order valence-electron chi connectivity index (χ0n) is 13.6. The highest BCUT2D eigenvalue weighted by atomic mass is 32.1. The van der Waals surface area contributed by atoms with E-state index in [9.17, 15) is 9.59 Å². The second kappa shape index (κ2) is 9.57. The highest BCUT2D eigenvalue weighted by molar-refractivity contribution is 7.10. The van der Waals surface area contributed by atoms with Crippen molar-refractivity contribution in [2.45, 2.75) is 26.2 Å². The quantitative estimate of drug-likeness (QED) is 0.737. The molecule has 2 rings (SSSR count). The minimum Gasteiger partial charge on any atom is -0.319 e. The monoisotopic (exact) mass is 340 g/mol. The number of aromatic nitrogens is 1. The van der Waals surface area contributed by atoms with Gasteiger partial charge in [0.05, 0.1) is 5.70 Å². The molecule has 0 fully saturated rings. The maximum absolute atomic E-state index is 12.3. The molecule has 0 aliphatic heterocycles. The van der Waals surface area contributed by atoms with Gasteiger partial charge in [0.15, 0.2) is 5.78 Å². The second-order valence-corrected chi connectivity index (χ2v) is 6.19. The molecule has 2 aromatic rings. The van der Waals surface area contributed by atoms with Crippen LogP contribution in [0.1, 0.15) is 36.6 Å². The molecule has 0 radical (unpaired) electrons. The van der Waals surface area contributed by atoms with Crippen LogP contribution in [0.25, 0.3) is 12.2 Å². The van der Waals surface area contributed by atoms with Crippen molar-refractivity contribution in [2.75, 3.05) is 0 Å². The van der Waals surface area contributed by atoms with E-state index in [0.29, 0.717) is 12.1 Å². The van der Waals surface area contributed by atoms with E-state index in [2.05, 4.69) is 10.3 Å². The molecule has 0 atom stereocenters. The molecular weight excluding hydrogens is 320 g/mol. The minimum atomic E-state index is -0.316. The standard InChI is InChI=1S/C19H20N2O2S/c1-2-3-8-18(22)17(13-15-6-4-11-20-14-15)21-19(23)10-9-16-7-5-12-24-16/h4-7,9-14H,2-3,8H2,1H3,(H,21,23)/b10-9+,17-13-. The average molecular weight is 340 g/mol. The van der Waals surface area contributed by atoms with Crippen molar-refractivity contribution in [3.63, 3.8) is 0 Å². The number of unbranched alkanes of at least 4 members (excludes halogenated alkanes) is 1. The Morgan fingerprint density at radius 2 is 2.17 bits per heavy atom. The molecule has 0 aliphatic rings. The fourth-order valence-electron chi connectivity index (χ4n) is 2.00. The molecule has 2 heterocycles. The minimum absolute atomic E-state index is 0.0708. The summed E-state index contributed by atoms with van der Waals surface area (Å²) >= 11 is 1.55. The van der Waals surface area contributed by atoms with E-state index >= 15 is 0 Å². The molecule has 124 valence electrons. The zero-order chi connectivity index (χ0) is 17.2. The number of Topliss-reactive ketones (excluding diaryl/α,β-unsaturated/α-hetero) is 1. The summed E-state index contributed by atoms with van der Waals surface area (Å²) in [6.07, 6.45) is 10.3. The van der Waals surface area contributed by atoms with E-state index in [0.717, 1.165) is 23.3 Å². The first-order valence-corrected chi connectivity index (χ1v) is 8.74. The Kier molecular flexibility index (Phi) is 7.11. The molecule has 0 saturated heterocycles. The number of carbonyl (C=O) groups excluding carboxylic acids is 2. The highest BCUT2D eigenvalue weighted by Gasteiger charge is 2.11. The summed E-state index contributed by atoms with van der Waals surface area (Å²) in [4.78, 5) is 29.5. The zero-order valence-corrected chi connectivity index (χ0v) is 14.4. The fourth-order valence-corrected chi connectivity index (χ4v) is 2.62. The molecule has 5 heteroatoms. The van der Waals surface area contributed by atoms with E-state index in [1.54, 1.807) is 41.9 Å². The first-order valence-electron chi connectivity index (χ1n) is 7.86. The molecule has 0 unspecified atom stereocenters. The number of hydrogen-bond acceptors (Lipinski definition) is 4. The number of pyridine rings is 1. The summed E-state index contributed by atoms with van der Waals surface area (Å²) < 4.78 is 0. The van der Waals surface area contributed by atoms with E-state index in [1.807, 2.05) is 30.5 Å². The van der Waals surface area contributed by atoms with Gasteiger partial charge in [0.2, 0.25) is 5.91 Å². The van der Waals surface area contributed by atoms with Gasteiger partial charge in [-0.2, -0.15) is 0 Å². The van der Waals surface area contributed by atoms with Crippen molar-refractivity contribution in [1.29, 1.82) is 0 Å². The predicted molar refractivity (Wildman–Crippen MR) is 98.2 cm³/mol. The summed E-state index contributed by atoms with van der Waals surface area (Å²) in [5.74, 6) is -0.387. The predicted octanol–water partition coefficient (Wildman–Crippen LogP) is 4.07. The molecule has 4 nitrogen and oxygen atoms in total. The molecule has 0 aromatic carbocycles. The summed E-state index contributed by atoms with van der Waals surface area (Å²) in [7, 11) is 0. The maximum atomic E-state index is 12.3. The number of amides is 1. The van der Waals surface area contributed by atoms with Gasteiger partial charge in [0, 0.05) is 29.8 Å². The van der Waals surface area contributed by atoms with Crippen LogP contribution in [-0.4, -0.2) is 16.7 Å². The maximum Gasteiger partial charge on any atom is 0.248 e. The largest absolute Gasteiger partial charge is 0.319 e. The van der Waals surface area contributed by atoms with Crippen LogP contribution >= 0.6 is 11.3 Å². The molecule has 0 saturated carbocycles. The molecule has 0 bridgehead atoms. The Bertz CT molecular complexity index is 719. The van der Waals surface area contributed by atoms with Crippen molar-refractivity contribution in [3.8, 4) is 0 Å². The number of ketones is 1. The number of rotatable bonds is 8. The van der Waals surface area contributed by atoms with E-state index in [1.165, 1.54) is 6.08 Å². The Morgan fingerprint density at radius 3 is 2.83 bits per heavy atom. The molecular formula is C19H20N2O2S. The van der Waals surface area contributed by atoms with Crippen LogP contribution in [0.3, 0.4) is 0 Å². The van der Waals surface area contributed by atoms with Gasteiger partial charge < -0.3 is 5.32 Å². The van der Waals surface area contributed by atoms with E-state index < -0.39 is 0 Å². The van der Waals surface area contributed by atoms with Crippen molar-refractivity contribution in [3.05, 3.63) is 64.3 Å². The smallest absolute Gasteiger partial charge is 0.248 e. The molecule has 1 amide bonds. The molecule has 0 spiro atoms. The Morgan fingerprint density at radius 1 is 1.29 bits per heavy atom. The Balaban J connectivity index is 2.11. The van der Waals surface area contributed by atoms with Crippen molar-refractivity contribution in [2.24, 2.45) is 0 Å². The first-order chi connectivity index (χ1) is 11.7. The summed E-state index contributed by atoms with van der Waals surface area (Å²) in [5, 5.41) is 4.64. The topological polar surface area (TPSA) is 59.1 Å². The van der Waals surface area contributed by atoms with E-state index in [-0.39, 0.29) is 11.7 Å². The van der Waals surface area contributed by atoms with Crippen LogP contribution in [0, 0.1) is 0 Å². The second-order valence-electron chi connectivity index (χ2n) is 5.21. The molecule has 2 aromatic heterocycles. The third kappa shape index (κ3) is 5.93. The number of allylic oxidation sites excluding steroid dienone is 1. The van der Waals surface area contributed by atoms with Gasteiger partial charge in [-0.05, 0) is 41.6 Å². The summed E-state index contributed by atoms with van der Waals surface area (Å²) in [6, 6.07) is 7.48. The number of hydrogen-bond donors (Lipinski definition) is 1. The number of nitrogens with one attached hydrogen (secondary N) is 1. The summed E-state index contributed by atoms with van der Waals surface area (Å²) in [5.41, 5.74) is 1.08. The summed E-state index contributed by atoms with van der Waals surface area (Å²) in [6.45, 7) is 2.03. The van der Waals surface area contributed by atoms with Crippen molar-refractivity contribution < 1.29 is 9.59 Å². The van der Waals surface area contributed by atoms with Gasteiger partial charge in [-0.3, -0.25) is 14.6 Å². The van der Waals surface area contributed by atoms with Crippen LogP contribution in [0.4, 0.5) is 0 Å². The Hall–Kier alpha value is -2.53. The lowest BCUT2D eigenvalue weighted by Crippen LogP contribution is -2.25.